The fraction of sp³-hybridized carbons (Fsp3) is 0.143. The molecule has 29 heavy (non-hydrogen) atoms. The Labute approximate surface area is 165 Å². The number of nitrogens with zero attached hydrogens (tertiary/aromatic N) is 3. The lowest BCUT2D eigenvalue weighted by atomic mass is 10.1. The minimum atomic E-state index is -0.718. The number of aromatic nitrogens is 3. The molecule has 0 bridgehead atoms. The number of para-hydroxylation sites is 1. The molecule has 0 aliphatic rings. The van der Waals surface area contributed by atoms with Crippen LogP contribution in [-0.2, 0) is 13.6 Å². The summed E-state index contributed by atoms with van der Waals surface area (Å²) < 4.78 is 12.2. The second-order valence-corrected chi connectivity index (χ2v) is 6.46. The van der Waals surface area contributed by atoms with E-state index < -0.39 is 11.5 Å². The molecule has 146 valence electrons. The number of carbonyl (C=O) groups is 1. The number of amides is 1. The number of fused-ring (bicyclic) bond motifs is 1. The van der Waals surface area contributed by atoms with Gasteiger partial charge in [0.2, 0.25) is 0 Å². The van der Waals surface area contributed by atoms with Gasteiger partial charge in [-0.1, -0.05) is 18.2 Å². The molecule has 4 aromatic rings. The summed E-state index contributed by atoms with van der Waals surface area (Å²) >= 11 is 0. The normalized spacial score (nSPS) is 10.8. The fourth-order valence-electron chi connectivity index (χ4n) is 2.97. The fourth-order valence-corrected chi connectivity index (χ4v) is 2.97. The van der Waals surface area contributed by atoms with Crippen LogP contribution in [0.15, 0.2) is 64.2 Å². The minimum Gasteiger partial charge on any atom is -0.493 e. The smallest absolute Gasteiger partial charge is 0.349 e. The number of hydrogen-bond donors (Lipinski definition) is 1. The van der Waals surface area contributed by atoms with Crippen molar-refractivity contribution in [3.8, 4) is 17.0 Å². The Morgan fingerprint density at radius 1 is 1.24 bits per heavy atom. The van der Waals surface area contributed by atoms with Crippen molar-refractivity contribution < 1.29 is 13.9 Å². The highest BCUT2D eigenvalue weighted by Gasteiger charge is 2.15. The van der Waals surface area contributed by atoms with Gasteiger partial charge in [0.15, 0.2) is 11.3 Å². The van der Waals surface area contributed by atoms with Crippen molar-refractivity contribution in [2.45, 2.75) is 6.54 Å². The van der Waals surface area contributed by atoms with Crippen LogP contribution in [0.1, 0.15) is 15.9 Å². The van der Waals surface area contributed by atoms with Crippen LogP contribution in [0.4, 0.5) is 0 Å². The molecule has 3 aromatic heterocycles. The molecular weight excluding hydrogens is 372 g/mol. The van der Waals surface area contributed by atoms with Gasteiger partial charge in [-0.25, -0.2) is 4.79 Å². The number of nitrogens with one attached hydrogen (secondary N) is 1. The third kappa shape index (κ3) is 3.73. The number of aryl methyl sites for hydroxylation is 1. The van der Waals surface area contributed by atoms with Crippen molar-refractivity contribution in [1.29, 1.82) is 0 Å². The highest BCUT2D eigenvalue weighted by molar-refractivity contribution is 5.97. The summed E-state index contributed by atoms with van der Waals surface area (Å²) in [6.07, 6.45) is 5.28. The summed E-state index contributed by atoms with van der Waals surface area (Å²) in [7, 11) is 3.33. The molecule has 0 radical (unpaired) electrons. The third-order valence-electron chi connectivity index (χ3n) is 4.47. The van der Waals surface area contributed by atoms with E-state index in [-0.39, 0.29) is 12.1 Å². The van der Waals surface area contributed by atoms with Gasteiger partial charge in [-0.05, 0) is 23.8 Å². The van der Waals surface area contributed by atoms with Crippen LogP contribution in [0.5, 0.6) is 5.75 Å². The Morgan fingerprint density at radius 3 is 2.79 bits per heavy atom. The van der Waals surface area contributed by atoms with E-state index in [1.807, 2.05) is 25.4 Å². The first-order chi connectivity index (χ1) is 14.0. The Morgan fingerprint density at radius 2 is 2.10 bits per heavy atom. The molecule has 1 amide bonds. The quantitative estimate of drug-likeness (QED) is 0.526. The molecular formula is C21H18N4O4. The van der Waals surface area contributed by atoms with Crippen molar-refractivity contribution >= 4 is 16.9 Å². The molecule has 0 saturated heterocycles. The number of ether oxygens (including phenoxy) is 1. The van der Waals surface area contributed by atoms with E-state index in [2.05, 4.69) is 15.4 Å². The van der Waals surface area contributed by atoms with E-state index in [0.29, 0.717) is 16.7 Å². The van der Waals surface area contributed by atoms with Gasteiger partial charge in [-0.3, -0.25) is 14.5 Å². The van der Waals surface area contributed by atoms with E-state index in [1.165, 1.54) is 13.2 Å². The van der Waals surface area contributed by atoms with E-state index in [1.54, 1.807) is 35.3 Å². The zero-order chi connectivity index (χ0) is 20.4. The summed E-state index contributed by atoms with van der Waals surface area (Å²) in [6, 6.07) is 10.4. The van der Waals surface area contributed by atoms with E-state index in [0.717, 1.165) is 16.8 Å². The van der Waals surface area contributed by atoms with Crippen LogP contribution < -0.4 is 15.7 Å². The van der Waals surface area contributed by atoms with Crippen LogP contribution >= 0.6 is 0 Å². The van der Waals surface area contributed by atoms with E-state index in [4.69, 9.17) is 9.15 Å². The Hall–Kier alpha value is -3.94. The van der Waals surface area contributed by atoms with Gasteiger partial charge in [0.25, 0.3) is 5.91 Å². The molecule has 0 aliphatic heterocycles. The first kappa shape index (κ1) is 18.4. The Kier molecular flexibility index (Phi) is 4.82. The minimum absolute atomic E-state index is 0.0642. The molecule has 0 spiro atoms. The van der Waals surface area contributed by atoms with Crippen molar-refractivity contribution in [1.82, 2.24) is 20.1 Å². The zero-order valence-electron chi connectivity index (χ0n) is 15.9. The van der Waals surface area contributed by atoms with Gasteiger partial charge >= 0.3 is 5.63 Å². The van der Waals surface area contributed by atoms with Crippen molar-refractivity contribution in [3.05, 3.63) is 76.5 Å². The van der Waals surface area contributed by atoms with Gasteiger partial charge in [0.05, 0.1) is 19.0 Å². The lowest BCUT2D eigenvalue weighted by Crippen LogP contribution is -2.27. The molecule has 1 N–H and O–H groups in total. The second-order valence-electron chi connectivity index (χ2n) is 6.46. The number of rotatable bonds is 5. The highest BCUT2D eigenvalue weighted by atomic mass is 16.5. The predicted molar refractivity (Wildman–Crippen MR) is 107 cm³/mol. The van der Waals surface area contributed by atoms with Gasteiger partial charge in [0.1, 0.15) is 5.56 Å². The number of hydrogen-bond acceptors (Lipinski definition) is 6. The number of methoxy groups -OCH3 is 1. The molecule has 4 rings (SSSR count). The standard InChI is InChI=1S/C21H18N4O4/c1-25-12-15(11-24-25)17-7-6-13(9-22-17)10-23-20(26)16-8-14-4-3-5-18(28-2)19(14)29-21(16)27/h3-9,11-12H,10H2,1-2H3,(H,23,26). The average molecular weight is 390 g/mol. The van der Waals surface area contributed by atoms with Crippen molar-refractivity contribution in [3.63, 3.8) is 0 Å². The Bertz CT molecular complexity index is 1240. The van der Waals surface area contributed by atoms with Crippen LogP contribution in [0.2, 0.25) is 0 Å². The second kappa shape index (κ2) is 7.59. The zero-order valence-corrected chi connectivity index (χ0v) is 15.9. The summed E-state index contributed by atoms with van der Waals surface area (Å²) in [4.78, 5) is 29.1. The van der Waals surface area contributed by atoms with Gasteiger partial charge in [0, 0.05) is 36.9 Å². The summed E-state index contributed by atoms with van der Waals surface area (Å²) in [5, 5.41) is 7.46. The van der Waals surface area contributed by atoms with Crippen molar-refractivity contribution in [2.75, 3.05) is 7.11 Å². The number of pyridine rings is 1. The monoisotopic (exact) mass is 390 g/mol. The van der Waals surface area contributed by atoms with E-state index >= 15 is 0 Å². The largest absolute Gasteiger partial charge is 0.493 e. The molecule has 0 unspecified atom stereocenters. The molecule has 0 saturated carbocycles. The van der Waals surface area contributed by atoms with E-state index in [9.17, 15) is 9.59 Å². The SMILES string of the molecule is COc1cccc2cc(C(=O)NCc3ccc(-c4cnn(C)c4)nc3)c(=O)oc12. The summed E-state index contributed by atoms with van der Waals surface area (Å²) in [5.41, 5.74) is 2.03. The molecule has 0 atom stereocenters. The predicted octanol–water partition coefficient (Wildman–Crippen LogP) is 2.53. The molecule has 0 fully saturated rings. The molecule has 8 nitrogen and oxygen atoms in total. The first-order valence-electron chi connectivity index (χ1n) is 8.88. The van der Waals surface area contributed by atoms with Crippen LogP contribution in [0.25, 0.3) is 22.2 Å². The van der Waals surface area contributed by atoms with Crippen molar-refractivity contribution in [2.24, 2.45) is 7.05 Å². The average Bonchev–Trinajstić information content (AvgIpc) is 3.17. The maximum Gasteiger partial charge on any atom is 0.349 e. The molecule has 8 heteroatoms. The lowest BCUT2D eigenvalue weighted by molar-refractivity contribution is 0.0947. The molecule has 0 aliphatic carbocycles. The van der Waals surface area contributed by atoms with Crippen LogP contribution in [0.3, 0.4) is 0 Å². The Balaban J connectivity index is 1.50. The highest BCUT2D eigenvalue weighted by Crippen LogP contribution is 2.24. The summed E-state index contributed by atoms with van der Waals surface area (Å²) in [5.74, 6) is -0.0776. The molecule has 1 aromatic carbocycles. The number of carbonyl (C=O) groups excluding carboxylic acids is 1. The molecule has 3 heterocycles. The van der Waals surface area contributed by atoms with Gasteiger partial charge < -0.3 is 14.5 Å². The topological polar surface area (TPSA) is 99.2 Å². The number of benzene rings is 1. The van der Waals surface area contributed by atoms with Gasteiger partial charge in [-0.15, -0.1) is 0 Å². The van der Waals surface area contributed by atoms with Gasteiger partial charge in [-0.2, -0.15) is 5.10 Å². The van der Waals surface area contributed by atoms with Crippen LogP contribution in [0, 0.1) is 0 Å². The maximum absolute atomic E-state index is 12.5. The lowest BCUT2D eigenvalue weighted by Gasteiger charge is -2.07. The third-order valence-corrected chi connectivity index (χ3v) is 4.47. The van der Waals surface area contributed by atoms with Crippen LogP contribution in [-0.4, -0.2) is 27.8 Å². The first-order valence-corrected chi connectivity index (χ1v) is 8.88. The maximum atomic E-state index is 12.5. The summed E-state index contributed by atoms with van der Waals surface area (Å²) in [6.45, 7) is 0.231.